The molecule has 0 saturated carbocycles. The molecule has 6 heteroatoms. The first-order valence-electron chi connectivity index (χ1n) is 11.0. The van der Waals surface area contributed by atoms with Crippen molar-refractivity contribution < 1.29 is 14.7 Å². The standard InChI is InChI=1S/C27H26N2O3S/c1-3-4-7-19-12-14-20(15-13-19)29-26(31)24(28-22-8-5-6-9-23(22)30)25(27(29)32)33-21-16-10-18(2)11-17-21/h5-6,8-17,28,30H,3-4,7H2,1-2H3. The molecule has 1 aliphatic rings. The molecule has 3 aromatic rings. The van der Waals surface area contributed by atoms with Gasteiger partial charge in [0.1, 0.15) is 16.4 Å². The van der Waals surface area contributed by atoms with Gasteiger partial charge in [-0.05, 0) is 61.7 Å². The van der Waals surface area contributed by atoms with E-state index in [1.807, 2.05) is 55.5 Å². The predicted molar refractivity (Wildman–Crippen MR) is 133 cm³/mol. The molecule has 5 nitrogen and oxygen atoms in total. The quantitative estimate of drug-likeness (QED) is 0.318. The molecule has 3 aromatic carbocycles. The van der Waals surface area contributed by atoms with Gasteiger partial charge in [-0.25, -0.2) is 4.90 Å². The van der Waals surface area contributed by atoms with Gasteiger partial charge in [-0.3, -0.25) is 9.59 Å². The number of anilines is 2. The van der Waals surface area contributed by atoms with Crippen LogP contribution in [0.15, 0.2) is 88.3 Å². The second-order valence-corrected chi connectivity index (χ2v) is 9.06. The molecule has 0 unspecified atom stereocenters. The number of phenols is 1. The van der Waals surface area contributed by atoms with Crippen molar-refractivity contribution in [3.05, 3.63) is 94.5 Å². The molecule has 0 saturated heterocycles. The molecule has 168 valence electrons. The number of benzene rings is 3. The van der Waals surface area contributed by atoms with E-state index in [9.17, 15) is 14.7 Å². The van der Waals surface area contributed by atoms with Crippen LogP contribution in [-0.2, 0) is 16.0 Å². The van der Waals surface area contributed by atoms with Gasteiger partial charge in [0.15, 0.2) is 0 Å². The number of nitrogens with one attached hydrogen (secondary N) is 1. The lowest BCUT2D eigenvalue weighted by atomic mass is 10.1. The third-order valence-corrected chi connectivity index (χ3v) is 6.55. The number of thioether (sulfide) groups is 1. The average molecular weight is 459 g/mol. The van der Waals surface area contributed by atoms with Crippen LogP contribution in [0.1, 0.15) is 30.9 Å². The molecular weight excluding hydrogens is 432 g/mol. The van der Waals surface area contributed by atoms with E-state index in [0.29, 0.717) is 16.3 Å². The number of unbranched alkanes of at least 4 members (excludes halogenated alkanes) is 1. The Kier molecular flexibility index (Phi) is 6.84. The van der Waals surface area contributed by atoms with Crippen molar-refractivity contribution in [1.82, 2.24) is 0 Å². The Labute approximate surface area is 198 Å². The van der Waals surface area contributed by atoms with Gasteiger partial charge in [0, 0.05) is 4.90 Å². The zero-order chi connectivity index (χ0) is 23.4. The summed E-state index contributed by atoms with van der Waals surface area (Å²) in [7, 11) is 0. The van der Waals surface area contributed by atoms with Crippen LogP contribution >= 0.6 is 11.8 Å². The SMILES string of the molecule is CCCCc1ccc(N2C(=O)C(Nc3ccccc3O)=C(Sc3ccc(C)cc3)C2=O)cc1. The summed E-state index contributed by atoms with van der Waals surface area (Å²) in [6.07, 6.45) is 3.16. The van der Waals surface area contributed by atoms with Crippen LogP contribution in [0.2, 0.25) is 0 Å². The molecular formula is C27H26N2O3S. The minimum absolute atomic E-state index is 0.00339. The summed E-state index contributed by atoms with van der Waals surface area (Å²) in [6.45, 7) is 4.14. The number of para-hydroxylation sites is 2. The lowest BCUT2D eigenvalue weighted by Crippen LogP contribution is -2.32. The third-order valence-electron chi connectivity index (χ3n) is 5.46. The van der Waals surface area contributed by atoms with Gasteiger partial charge in [0.2, 0.25) is 0 Å². The van der Waals surface area contributed by atoms with Crippen LogP contribution < -0.4 is 10.2 Å². The van der Waals surface area contributed by atoms with Crippen LogP contribution in [0.4, 0.5) is 11.4 Å². The Morgan fingerprint density at radius 2 is 1.61 bits per heavy atom. The van der Waals surface area contributed by atoms with E-state index < -0.39 is 5.91 Å². The molecule has 4 rings (SSSR count). The van der Waals surface area contributed by atoms with E-state index in [1.54, 1.807) is 18.2 Å². The highest BCUT2D eigenvalue weighted by molar-refractivity contribution is 8.04. The molecule has 0 radical (unpaired) electrons. The average Bonchev–Trinajstić information content (AvgIpc) is 3.05. The van der Waals surface area contributed by atoms with Gasteiger partial charge in [-0.1, -0.05) is 67.1 Å². The number of carbonyl (C=O) groups is 2. The van der Waals surface area contributed by atoms with Gasteiger partial charge >= 0.3 is 0 Å². The first-order chi connectivity index (χ1) is 16.0. The fraction of sp³-hybridized carbons (Fsp3) is 0.185. The molecule has 1 aliphatic heterocycles. The second-order valence-electron chi connectivity index (χ2n) is 7.98. The number of nitrogens with zero attached hydrogens (tertiary/aromatic N) is 1. The molecule has 0 spiro atoms. The molecule has 0 aromatic heterocycles. The lowest BCUT2D eigenvalue weighted by Gasteiger charge is -2.16. The molecule has 33 heavy (non-hydrogen) atoms. The van der Waals surface area contributed by atoms with Crippen molar-refractivity contribution >= 4 is 35.0 Å². The van der Waals surface area contributed by atoms with Gasteiger partial charge in [0.25, 0.3) is 11.8 Å². The summed E-state index contributed by atoms with van der Waals surface area (Å²) in [5.41, 5.74) is 3.34. The highest BCUT2D eigenvalue weighted by Gasteiger charge is 2.40. The van der Waals surface area contributed by atoms with Crippen molar-refractivity contribution in [3.63, 3.8) is 0 Å². The highest BCUT2D eigenvalue weighted by Crippen LogP contribution is 2.39. The first kappa shape index (κ1) is 22.7. The van der Waals surface area contributed by atoms with Crippen molar-refractivity contribution in [1.29, 1.82) is 0 Å². The van der Waals surface area contributed by atoms with Gasteiger partial charge < -0.3 is 10.4 Å². The molecule has 0 aliphatic carbocycles. The Morgan fingerprint density at radius 1 is 0.909 bits per heavy atom. The predicted octanol–water partition coefficient (Wildman–Crippen LogP) is 6.03. The van der Waals surface area contributed by atoms with E-state index >= 15 is 0 Å². The third kappa shape index (κ3) is 4.96. The Hall–Kier alpha value is -3.51. The molecule has 0 fully saturated rings. The van der Waals surface area contributed by atoms with E-state index in [4.69, 9.17) is 0 Å². The first-order valence-corrected chi connectivity index (χ1v) is 11.8. The zero-order valence-electron chi connectivity index (χ0n) is 18.7. The van der Waals surface area contributed by atoms with Crippen molar-refractivity contribution in [2.24, 2.45) is 0 Å². The van der Waals surface area contributed by atoms with E-state index in [1.165, 1.54) is 28.3 Å². The Bertz CT molecular complexity index is 1200. The number of phenolic OH excluding ortho intramolecular Hbond substituents is 1. The Morgan fingerprint density at radius 3 is 2.27 bits per heavy atom. The van der Waals surface area contributed by atoms with Gasteiger partial charge in [0.05, 0.1) is 11.4 Å². The van der Waals surface area contributed by atoms with Gasteiger partial charge in [-0.15, -0.1) is 0 Å². The maximum atomic E-state index is 13.5. The molecule has 1 heterocycles. The number of rotatable bonds is 8. The second kappa shape index (κ2) is 9.96. The number of hydrogen-bond acceptors (Lipinski definition) is 5. The smallest absolute Gasteiger partial charge is 0.283 e. The van der Waals surface area contributed by atoms with E-state index in [-0.39, 0.29) is 17.4 Å². The fourth-order valence-corrected chi connectivity index (χ4v) is 4.51. The number of aromatic hydroxyl groups is 1. The molecule has 2 N–H and O–H groups in total. The minimum Gasteiger partial charge on any atom is -0.506 e. The number of hydrogen-bond donors (Lipinski definition) is 2. The fourth-order valence-electron chi connectivity index (χ4n) is 3.58. The summed E-state index contributed by atoms with van der Waals surface area (Å²) < 4.78 is 0. The summed E-state index contributed by atoms with van der Waals surface area (Å²) in [5, 5.41) is 13.2. The normalized spacial score (nSPS) is 13.7. The zero-order valence-corrected chi connectivity index (χ0v) is 19.5. The van der Waals surface area contributed by atoms with Crippen molar-refractivity contribution in [2.45, 2.75) is 38.0 Å². The molecule has 0 atom stereocenters. The largest absolute Gasteiger partial charge is 0.506 e. The maximum absolute atomic E-state index is 13.5. The van der Waals surface area contributed by atoms with Crippen LogP contribution in [0, 0.1) is 6.92 Å². The maximum Gasteiger partial charge on any atom is 0.283 e. The lowest BCUT2D eigenvalue weighted by molar-refractivity contribution is -0.120. The summed E-state index contributed by atoms with van der Waals surface area (Å²) in [6, 6.07) is 22.0. The minimum atomic E-state index is -0.445. The molecule has 0 bridgehead atoms. The summed E-state index contributed by atoms with van der Waals surface area (Å²) >= 11 is 1.24. The van der Waals surface area contributed by atoms with E-state index in [0.717, 1.165) is 29.7 Å². The Balaban J connectivity index is 1.68. The van der Waals surface area contributed by atoms with Crippen LogP contribution in [-0.4, -0.2) is 16.9 Å². The molecule has 2 amide bonds. The number of imide groups is 1. The number of carbonyl (C=O) groups excluding carboxylic acids is 2. The van der Waals surface area contributed by atoms with Crippen LogP contribution in [0.25, 0.3) is 0 Å². The van der Waals surface area contributed by atoms with Gasteiger partial charge in [-0.2, -0.15) is 0 Å². The van der Waals surface area contributed by atoms with Crippen LogP contribution in [0.5, 0.6) is 5.75 Å². The number of aryl methyl sites for hydroxylation is 2. The summed E-state index contributed by atoms with van der Waals surface area (Å²) in [5.74, 6) is -0.826. The number of amides is 2. The highest BCUT2D eigenvalue weighted by atomic mass is 32.2. The summed E-state index contributed by atoms with van der Waals surface area (Å²) in [4.78, 5) is 29.2. The van der Waals surface area contributed by atoms with Crippen molar-refractivity contribution in [3.8, 4) is 5.75 Å². The van der Waals surface area contributed by atoms with E-state index in [2.05, 4.69) is 12.2 Å². The monoisotopic (exact) mass is 458 g/mol. The van der Waals surface area contributed by atoms with Crippen molar-refractivity contribution in [2.75, 3.05) is 10.2 Å². The topological polar surface area (TPSA) is 69.6 Å². The van der Waals surface area contributed by atoms with Crippen LogP contribution in [0.3, 0.4) is 0 Å².